The van der Waals surface area contributed by atoms with E-state index >= 15 is 0 Å². The van der Waals surface area contributed by atoms with E-state index in [9.17, 15) is 0 Å². The highest BCUT2D eigenvalue weighted by Crippen LogP contribution is 2.14. The van der Waals surface area contributed by atoms with Crippen molar-refractivity contribution in [2.24, 2.45) is 0 Å². The van der Waals surface area contributed by atoms with Gasteiger partial charge >= 0.3 is 0 Å². The van der Waals surface area contributed by atoms with Crippen LogP contribution in [0.4, 0.5) is 5.69 Å². The third-order valence-corrected chi connectivity index (χ3v) is 1.53. The van der Waals surface area contributed by atoms with Crippen LogP contribution in [0.2, 0.25) is 0 Å². The lowest BCUT2D eigenvalue weighted by molar-refractivity contribution is 0.486. The van der Waals surface area contributed by atoms with Gasteiger partial charge in [0.2, 0.25) is 0 Å². The normalized spacial score (nSPS) is 11.5. The van der Waals surface area contributed by atoms with Crippen molar-refractivity contribution >= 4 is 5.69 Å². The van der Waals surface area contributed by atoms with Crippen LogP contribution >= 0.6 is 0 Å². The second-order valence-electron chi connectivity index (χ2n) is 3.35. The molecule has 0 fully saturated rings. The Morgan fingerprint density at radius 3 is 1.70 bits per heavy atom. The van der Waals surface area contributed by atoms with Gasteiger partial charge in [-0.25, -0.2) is 0 Å². The van der Waals surface area contributed by atoms with Gasteiger partial charge in [-0.15, -0.1) is 0 Å². The van der Waals surface area contributed by atoms with Crippen LogP contribution in [0.5, 0.6) is 0 Å². The monoisotopic (exact) mass is 137 g/mol. The van der Waals surface area contributed by atoms with E-state index in [4.69, 9.17) is 0 Å². The highest BCUT2D eigenvalue weighted by molar-refractivity contribution is 5.40. The summed E-state index contributed by atoms with van der Waals surface area (Å²) in [6.07, 6.45) is 0. The molecule has 1 aromatic carbocycles. The molecule has 10 heavy (non-hydrogen) atoms. The van der Waals surface area contributed by atoms with Crippen molar-refractivity contribution in [2.75, 3.05) is 21.1 Å². The van der Waals surface area contributed by atoms with Crippen LogP contribution < -0.4 is 4.48 Å². The first kappa shape index (κ1) is 7.29. The molecule has 0 saturated heterocycles. The Bertz CT molecular complexity index is 196. The Balaban J connectivity index is 2.97. The lowest BCUT2D eigenvalue weighted by atomic mass is 10.3. The van der Waals surface area contributed by atoms with Crippen LogP contribution in [-0.2, 0) is 0 Å². The lowest BCUT2D eigenvalue weighted by Crippen LogP contribution is -2.34. The highest BCUT2D eigenvalue weighted by atomic mass is 15.4. The third-order valence-electron chi connectivity index (χ3n) is 1.53. The second kappa shape index (κ2) is 2.43. The minimum atomic E-state index is 0.890. The molecule has 0 unspecified atom stereocenters. The number of nitrogens with zero attached hydrogens (tertiary/aromatic N) is 1. The summed E-state index contributed by atoms with van der Waals surface area (Å²) in [5.74, 6) is 0. The van der Waals surface area contributed by atoms with E-state index in [0.717, 1.165) is 4.48 Å². The minimum absolute atomic E-state index is 0.890. The summed E-state index contributed by atoms with van der Waals surface area (Å²) in [5.41, 5.74) is 1.34. The van der Waals surface area contributed by atoms with Crippen molar-refractivity contribution in [1.29, 1.82) is 0 Å². The number of para-hydroxylation sites is 1. The van der Waals surface area contributed by atoms with Gasteiger partial charge in [0.05, 0.1) is 21.1 Å². The van der Waals surface area contributed by atoms with E-state index in [0.29, 0.717) is 0 Å². The van der Waals surface area contributed by atoms with Crippen molar-refractivity contribution in [2.45, 2.75) is 0 Å². The number of hydrogen-bond acceptors (Lipinski definition) is 0. The number of benzene rings is 1. The maximum Gasteiger partial charge on any atom is 0.132 e. The van der Waals surface area contributed by atoms with Gasteiger partial charge in [0.1, 0.15) is 5.69 Å². The molecule has 1 nitrogen and oxygen atoms in total. The van der Waals surface area contributed by atoms with Gasteiger partial charge in [-0.3, -0.25) is 4.48 Å². The average Bonchev–Trinajstić information content (AvgIpc) is 1.88. The standard InChI is InChI=1S/C9H14N/c1-10(2,3)9-7-5-4-6-8-9/h4-8H,1-3H3/q+1/i1+1. The molecular formula is C9H14N+. The summed E-state index contributed by atoms with van der Waals surface area (Å²) in [6.45, 7) is 0. The van der Waals surface area contributed by atoms with Crippen molar-refractivity contribution in [3.05, 3.63) is 30.3 Å². The zero-order valence-corrected chi connectivity index (χ0v) is 6.83. The lowest BCUT2D eigenvalue weighted by Gasteiger charge is -2.22. The van der Waals surface area contributed by atoms with Crippen molar-refractivity contribution in [3.8, 4) is 0 Å². The molecule has 0 aliphatic rings. The molecule has 0 spiro atoms. The number of hydrogen-bond donors (Lipinski definition) is 0. The zero-order valence-electron chi connectivity index (χ0n) is 6.83. The van der Waals surface area contributed by atoms with Crippen molar-refractivity contribution < 1.29 is 0 Å². The van der Waals surface area contributed by atoms with E-state index in [1.807, 2.05) is 6.07 Å². The molecule has 0 atom stereocenters. The summed E-state index contributed by atoms with van der Waals surface area (Å²) < 4.78 is 0.890. The molecule has 1 aromatic rings. The summed E-state index contributed by atoms with van der Waals surface area (Å²) in [5, 5.41) is 0. The average molecular weight is 137 g/mol. The summed E-state index contributed by atoms with van der Waals surface area (Å²) in [7, 11) is 6.49. The van der Waals surface area contributed by atoms with Gasteiger partial charge in [-0.05, 0) is 12.1 Å². The van der Waals surface area contributed by atoms with Gasteiger partial charge < -0.3 is 0 Å². The predicted octanol–water partition coefficient (Wildman–Crippen LogP) is 1.88. The summed E-state index contributed by atoms with van der Waals surface area (Å²) >= 11 is 0. The first-order valence-electron chi connectivity index (χ1n) is 3.48. The maximum absolute atomic E-state index is 2.16. The van der Waals surface area contributed by atoms with Crippen LogP contribution in [0.1, 0.15) is 0 Å². The Labute approximate surface area is 62.5 Å². The fourth-order valence-corrected chi connectivity index (χ4v) is 0.875. The van der Waals surface area contributed by atoms with Crippen molar-refractivity contribution in [1.82, 2.24) is 4.48 Å². The van der Waals surface area contributed by atoms with Crippen molar-refractivity contribution in [3.63, 3.8) is 0 Å². The molecule has 1 heteroatoms. The van der Waals surface area contributed by atoms with E-state index in [1.54, 1.807) is 0 Å². The quantitative estimate of drug-likeness (QED) is 0.409. The molecule has 0 heterocycles. The molecule has 54 valence electrons. The fraction of sp³-hybridized carbons (Fsp3) is 0.333. The van der Waals surface area contributed by atoms with E-state index in [2.05, 4.69) is 45.4 Å². The number of rotatable bonds is 1. The molecule has 0 radical (unpaired) electrons. The van der Waals surface area contributed by atoms with Crippen LogP contribution in [0.3, 0.4) is 0 Å². The molecular weight excluding hydrogens is 123 g/mol. The van der Waals surface area contributed by atoms with E-state index in [-0.39, 0.29) is 0 Å². The molecule has 0 bridgehead atoms. The van der Waals surface area contributed by atoms with E-state index in [1.165, 1.54) is 5.69 Å². The molecule has 0 aliphatic carbocycles. The Morgan fingerprint density at radius 2 is 1.40 bits per heavy atom. The van der Waals surface area contributed by atoms with Crippen LogP contribution in [-0.4, -0.2) is 21.1 Å². The van der Waals surface area contributed by atoms with Gasteiger partial charge in [0.25, 0.3) is 0 Å². The van der Waals surface area contributed by atoms with Gasteiger partial charge in [0, 0.05) is 0 Å². The zero-order chi connectivity index (χ0) is 7.61. The fourth-order valence-electron chi connectivity index (χ4n) is 0.875. The summed E-state index contributed by atoms with van der Waals surface area (Å²) in [6, 6.07) is 10.5. The highest BCUT2D eigenvalue weighted by Gasteiger charge is 2.08. The molecule has 0 N–H and O–H groups in total. The Hall–Kier alpha value is -0.820. The maximum atomic E-state index is 2.16. The Kier molecular flexibility index (Phi) is 1.77. The molecule has 1 rings (SSSR count). The van der Waals surface area contributed by atoms with E-state index < -0.39 is 0 Å². The Morgan fingerprint density at radius 1 is 0.900 bits per heavy atom. The predicted molar refractivity (Wildman–Crippen MR) is 46.0 cm³/mol. The topological polar surface area (TPSA) is 0 Å². The van der Waals surface area contributed by atoms with Gasteiger partial charge in [-0.2, -0.15) is 0 Å². The molecule has 0 saturated carbocycles. The first-order valence-corrected chi connectivity index (χ1v) is 3.48. The SMILES string of the molecule is C[N+](C)([13CH3])c1ccccc1. The minimum Gasteiger partial charge on any atom is -0.298 e. The van der Waals surface area contributed by atoms with Gasteiger partial charge in [0.15, 0.2) is 0 Å². The molecule has 0 aliphatic heterocycles. The van der Waals surface area contributed by atoms with Gasteiger partial charge in [-0.1, -0.05) is 18.2 Å². The third kappa shape index (κ3) is 1.58. The van der Waals surface area contributed by atoms with Crippen LogP contribution in [0.25, 0.3) is 0 Å². The summed E-state index contributed by atoms with van der Waals surface area (Å²) in [4.78, 5) is 0. The molecule has 0 aromatic heterocycles. The smallest absolute Gasteiger partial charge is 0.132 e. The van der Waals surface area contributed by atoms with Crippen LogP contribution in [0.15, 0.2) is 30.3 Å². The van der Waals surface area contributed by atoms with Crippen LogP contribution in [0, 0.1) is 0 Å². The second-order valence-corrected chi connectivity index (χ2v) is 3.35. The first-order chi connectivity index (χ1) is 4.61. The molecule has 0 amide bonds. The number of quaternary nitrogens is 1. The largest absolute Gasteiger partial charge is 0.298 e.